The largest absolute Gasteiger partial charge is 0.352 e. The Labute approximate surface area is 121 Å². The number of nitriles is 1. The van der Waals surface area contributed by atoms with Crippen LogP contribution in [0.5, 0.6) is 0 Å². The van der Waals surface area contributed by atoms with Gasteiger partial charge in [0.15, 0.2) is 5.96 Å². The number of nitrogens with zero attached hydrogens (tertiary/aromatic N) is 3. The maximum atomic E-state index is 8.92. The Bertz CT molecular complexity index is 515. The lowest BCUT2D eigenvalue weighted by Gasteiger charge is -2.33. The number of benzene rings is 1. The van der Waals surface area contributed by atoms with Gasteiger partial charge in [0.2, 0.25) is 0 Å². The Morgan fingerprint density at radius 3 is 3.10 bits per heavy atom. The molecule has 0 saturated carbocycles. The zero-order valence-corrected chi connectivity index (χ0v) is 12.3. The zero-order chi connectivity index (χ0) is 14.4. The van der Waals surface area contributed by atoms with Crippen LogP contribution < -0.4 is 5.32 Å². The van der Waals surface area contributed by atoms with E-state index in [0.717, 1.165) is 30.5 Å². The second-order valence-corrected chi connectivity index (χ2v) is 5.41. The molecule has 0 aliphatic carbocycles. The van der Waals surface area contributed by atoms with Crippen LogP contribution in [0.25, 0.3) is 0 Å². The first-order chi connectivity index (χ1) is 9.72. The molecule has 0 spiro atoms. The van der Waals surface area contributed by atoms with Gasteiger partial charge in [-0.15, -0.1) is 0 Å². The third-order valence-corrected chi connectivity index (χ3v) is 3.68. The predicted octanol–water partition coefficient (Wildman–Crippen LogP) is 2.37. The van der Waals surface area contributed by atoms with E-state index in [1.54, 1.807) is 0 Å². The van der Waals surface area contributed by atoms with Gasteiger partial charge in [-0.1, -0.05) is 19.1 Å². The SMILES string of the molecule is CN=C(NCc1cccc(C#N)c1)N1CCCC(C)C1. The maximum absolute atomic E-state index is 8.92. The van der Waals surface area contributed by atoms with Crippen LogP contribution in [0.3, 0.4) is 0 Å². The van der Waals surface area contributed by atoms with Gasteiger partial charge in [0, 0.05) is 26.7 Å². The molecule has 1 N–H and O–H groups in total. The first-order valence-electron chi connectivity index (χ1n) is 7.17. The van der Waals surface area contributed by atoms with E-state index in [1.165, 1.54) is 12.8 Å². The van der Waals surface area contributed by atoms with Crippen LogP contribution >= 0.6 is 0 Å². The van der Waals surface area contributed by atoms with Crippen molar-refractivity contribution >= 4 is 5.96 Å². The summed E-state index contributed by atoms with van der Waals surface area (Å²) in [6.07, 6.45) is 2.53. The molecule has 1 aliphatic rings. The van der Waals surface area contributed by atoms with Crippen LogP contribution in [0, 0.1) is 17.2 Å². The highest BCUT2D eigenvalue weighted by Gasteiger charge is 2.18. The van der Waals surface area contributed by atoms with Crippen LogP contribution in [-0.2, 0) is 6.54 Å². The molecule has 1 atom stereocenters. The molecule has 1 fully saturated rings. The van der Waals surface area contributed by atoms with Crippen molar-refractivity contribution in [3.8, 4) is 6.07 Å². The number of hydrogen-bond acceptors (Lipinski definition) is 2. The molecule has 106 valence electrons. The standard InChI is InChI=1S/C16H22N4/c1-13-5-4-8-20(12-13)16(18-2)19-11-15-7-3-6-14(9-15)10-17/h3,6-7,9,13H,4-5,8,11-12H2,1-2H3,(H,18,19). The summed E-state index contributed by atoms with van der Waals surface area (Å²) >= 11 is 0. The number of rotatable bonds is 2. The second-order valence-electron chi connectivity index (χ2n) is 5.41. The number of likely N-dealkylation sites (tertiary alicyclic amines) is 1. The fourth-order valence-corrected chi connectivity index (χ4v) is 2.65. The summed E-state index contributed by atoms with van der Waals surface area (Å²) in [7, 11) is 1.83. The number of hydrogen-bond donors (Lipinski definition) is 1. The van der Waals surface area contributed by atoms with Gasteiger partial charge < -0.3 is 10.2 Å². The maximum Gasteiger partial charge on any atom is 0.193 e. The molecule has 1 aliphatic heterocycles. The molecule has 0 radical (unpaired) electrons. The number of aliphatic imine (C=N–C) groups is 1. The van der Waals surface area contributed by atoms with Crippen molar-refractivity contribution in [1.82, 2.24) is 10.2 Å². The minimum absolute atomic E-state index is 0.700. The number of guanidine groups is 1. The molecular formula is C16H22N4. The summed E-state index contributed by atoms with van der Waals surface area (Å²) in [5, 5.41) is 12.3. The average molecular weight is 270 g/mol. The molecule has 1 heterocycles. The molecule has 20 heavy (non-hydrogen) atoms. The van der Waals surface area contributed by atoms with E-state index in [9.17, 15) is 0 Å². The van der Waals surface area contributed by atoms with Crippen molar-refractivity contribution in [2.24, 2.45) is 10.9 Å². The van der Waals surface area contributed by atoms with E-state index in [1.807, 2.05) is 31.3 Å². The molecule has 4 heteroatoms. The summed E-state index contributed by atoms with van der Waals surface area (Å²) in [5.41, 5.74) is 1.81. The summed E-state index contributed by atoms with van der Waals surface area (Å²) in [4.78, 5) is 6.69. The van der Waals surface area contributed by atoms with Gasteiger partial charge >= 0.3 is 0 Å². The van der Waals surface area contributed by atoms with Gasteiger partial charge in [-0.3, -0.25) is 4.99 Å². The van der Waals surface area contributed by atoms with Crippen molar-refractivity contribution in [1.29, 1.82) is 5.26 Å². The first kappa shape index (κ1) is 14.4. The van der Waals surface area contributed by atoms with E-state index < -0.39 is 0 Å². The Balaban J connectivity index is 1.95. The molecule has 2 rings (SSSR count). The van der Waals surface area contributed by atoms with Crippen LogP contribution in [0.15, 0.2) is 29.3 Å². The summed E-state index contributed by atoms with van der Waals surface area (Å²) in [6, 6.07) is 9.86. The summed E-state index contributed by atoms with van der Waals surface area (Å²) in [6.45, 7) is 5.13. The molecule has 1 aromatic carbocycles. The molecule has 0 aromatic heterocycles. The zero-order valence-electron chi connectivity index (χ0n) is 12.3. The fraction of sp³-hybridized carbons (Fsp3) is 0.500. The normalized spacial score (nSPS) is 19.6. The fourth-order valence-electron chi connectivity index (χ4n) is 2.65. The number of nitrogens with one attached hydrogen (secondary N) is 1. The number of piperidine rings is 1. The molecule has 1 aromatic rings. The second kappa shape index (κ2) is 6.95. The van der Waals surface area contributed by atoms with Gasteiger partial charge in [-0.2, -0.15) is 5.26 Å². The van der Waals surface area contributed by atoms with Crippen LogP contribution in [0.1, 0.15) is 30.9 Å². The lowest BCUT2D eigenvalue weighted by molar-refractivity contribution is 0.266. The van der Waals surface area contributed by atoms with Crippen molar-refractivity contribution < 1.29 is 0 Å². The Morgan fingerprint density at radius 1 is 1.55 bits per heavy atom. The third-order valence-electron chi connectivity index (χ3n) is 3.68. The first-order valence-corrected chi connectivity index (χ1v) is 7.17. The van der Waals surface area contributed by atoms with Crippen LogP contribution in [-0.4, -0.2) is 31.0 Å². The highest BCUT2D eigenvalue weighted by atomic mass is 15.3. The Morgan fingerprint density at radius 2 is 2.40 bits per heavy atom. The van der Waals surface area contributed by atoms with Crippen LogP contribution in [0.4, 0.5) is 0 Å². The lowest BCUT2D eigenvalue weighted by atomic mass is 10.0. The van der Waals surface area contributed by atoms with E-state index in [2.05, 4.69) is 28.2 Å². The van der Waals surface area contributed by atoms with Crippen molar-refractivity contribution in [3.05, 3.63) is 35.4 Å². The monoisotopic (exact) mass is 270 g/mol. The van der Waals surface area contributed by atoms with E-state index in [0.29, 0.717) is 12.1 Å². The summed E-state index contributed by atoms with van der Waals surface area (Å²) < 4.78 is 0. The average Bonchev–Trinajstić information content (AvgIpc) is 2.48. The van der Waals surface area contributed by atoms with Crippen molar-refractivity contribution in [2.75, 3.05) is 20.1 Å². The smallest absolute Gasteiger partial charge is 0.193 e. The van der Waals surface area contributed by atoms with Crippen LogP contribution in [0.2, 0.25) is 0 Å². The molecule has 1 unspecified atom stereocenters. The van der Waals surface area contributed by atoms with Crippen molar-refractivity contribution in [2.45, 2.75) is 26.3 Å². The molecule has 1 saturated heterocycles. The highest BCUT2D eigenvalue weighted by molar-refractivity contribution is 5.80. The van der Waals surface area contributed by atoms with Crippen molar-refractivity contribution in [3.63, 3.8) is 0 Å². The molecule has 4 nitrogen and oxygen atoms in total. The Kier molecular flexibility index (Phi) is 5.00. The minimum Gasteiger partial charge on any atom is -0.352 e. The third kappa shape index (κ3) is 3.74. The molecule has 0 bridgehead atoms. The van der Waals surface area contributed by atoms with E-state index in [4.69, 9.17) is 5.26 Å². The highest BCUT2D eigenvalue weighted by Crippen LogP contribution is 2.15. The topological polar surface area (TPSA) is 51.4 Å². The Hall–Kier alpha value is -2.02. The van der Waals surface area contributed by atoms with Gasteiger partial charge in [0.25, 0.3) is 0 Å². The minimum atomic E-state index is 0.700. The molecule has 0 amide bonds. The predicted molar refractivity (Wildman–Crippen MR) is 81.3 cm³/mol. The van der Waals surface area contributed by atoms with Gasteiger partial charge in [-0.05, 0) is 36.5 Å². The lowest BCUT2D eigenvalue weighted by Crippen LogP contribution is -2.45. The van der Waals surface area contributed by atoms with Gasteiger partial charge in [-0.25, -0.2) is 0 Å². The quantitative estimate of drug-likeness (QED) is 0.663. The molecular weight excluding hydrogens is 248 g/mol. The van der Waals surface area contributed by atoms with E-state index in [-0.39, 0.29) is 0 Å². The van der Waals surface area contributed by atoms with Gasteiger partial charge in [0.05, 0.1) is 11.6 Å². The summed E-state index contributed by atoms with van der Waals surface area (Å²) in [5.74, 6) is 1.68. The van der Waals surface area contributed by atoms with E-state index >= 15 is 0 Å². The van der Waals surface area contributed by atoms with Gasteiger partial charge in [0.1, 0.15) is 0 Å².